The summed E-state index contributed by atoms with van der Waals surface area (Å²) in [5.41, 5.74) is 3.02. The second-order valence-electron chi connectivity index (χ2n) is 6.28. The number of aryl methyl sites for hydroxylation is 2. The summed E-state index contributed by atoms with van der Waals surface area (Å²) in [4.78, 5) is 17.7. The van der Waals surface area contributed by atoms with Crippen molar-refractivity contribution in [3.8, 4) is 22.9 Å². The molecule has 0 bridgehead atoms. The molecule has 4 rings (SSSR count). The summed E-state index contributed by atoms with van der Waals surface area (Å²) in [6, 6.07) is 11.1. The minimum atomic E-state index is -0.203. The van der Waals surface area contributed by atoms with E-state index in [1.807, 2.05) is 50.2 Å². The Balaban J connectivity index is 1.77. The van der Waals surface area contributed by atoms with Crippen LogP contribution in [-0.2, 0) is 0 Å². The maximum atomic E-state index is 12.7. The van der Waals surface area contributed by atoms with Gasteiger partial charge in [0.05, 0.1) is 11.6 Å². The zero-order valence-electron chi connectivity index (χ0n) is 15.1. The standard InChI is InChI=1S/C20H17N3O3S/c1-11-8-13(9-12(2)17(11)24)10-16-19(25)23-20(27-16)21-18(22-23)14-4-6-15(26-3)7-5-14/h4-10,24H,1-3H3/b16-10-. The quantitative estimate of drug-likeness (QED) is 0.592. The Morgan fingerprint density at radius 1 is 1.15 bits per heavy atom. The van der Waals surface area contributed by atoms with E-state index in [4.69, 9.17) is 4.74 Å². The van der Waals surface area contributed by atoms with Gasteiger partial charge in [-0.3, -0.25) is 4.79 Å². The Morgan fingerprint density at radius 2 is 1.81 bits per heavy atom. The monoisotopic (exact) mass is 379 g/mol. The van der Waals surface area contributed by atoms with Gasteiger partial charge in [0, 0.05) is 5.56 Å². The van der Waals surface area contributed by atoms with Crippen molar-refractivity contribution in [2.75, 3.05) is 7.11 Å². The van der Waals surface area contributed by atoms with Gasteiger partial charge >= 0.3 is 0 Å². The van der Waals surface area contributed by atoms with E-state index in [0.717, 1.165) is 28.0 Å². The molecule has 0 aliphatic heterocycles. The molecule has 4 aromatic rings. The molecule has 136 valence electrons. The van der Waals surface area contributed by atoms with Crippen molar-refractivity contribution in [1.29, 1.82) is 0 Å². The number of fused-ring (bicyclic) bond motifs is 1. The second kappa shape index (κ2) is 6.51. The minimum absolute atomic E-state index is 0.203. The van der Waals surface area contributed by atoms with Crippen LogP contribution in [-0.4, -0.2) is 26.8 Å². The topological polar surface area (TPSA) is 76.7 Å². The van der Waals surface area contributed by atoms with Crippen molar-refractivity contribution >= 4 is 22.4 Å². The summed E-state index contributed by atoms with van der Waals surface area (Å²) in [6.45, 7) is 3.67. The van der Waals surface area contributed by atoms with Crippen LogP contribution in [0.4, 0.5) is 0 Å². The normalized spacial score (nSPS) is 12.0. The molecular weight excluding hydrogens is 362 g/mol. The van der Waals surface area contributed by atoms with Crippen molar-refractivity contribution in [2.24, 2.45) is 0 Å². The molecule has 1 N–H and O–H groups in total. The Labute approximate surface area is 159 Å². The number of methoxy groups -OCH3 is 1. The van der Waals surface area contributed by atoms with E-state index in [1.54, 1.807) is 13.2 Å². The lowest BCUT2D eigenvalue weighted by Crippen LogP contribution is -2.23. The van der Waals surface area contributed by atoms with Crippen LogP contribution in [0, 0.1) is 13.8 Å². The summed E-state index contributed by atoms with van der Waals surface area (Å²) in [5, 5.41) is 14.3. The van der Waals surface area contributed by atoms with Gasteiger partial charge in [0.1, 0.15) is 11.5 Å². The molecule has 2 aromatic heterocycles. The molecule has 0 saturated carbocycles. The average molecular weight is 379 g/mol. The predicted molar refractivity (Wildman–Crippen MR) is 105 cm³/mol. The molecule has 6 nitrogen and oxygen atoms in total. The van der Waals surface area contributed by atoms with Crippen molar-refractivity contribution in [2.45, 2.75) is 13.8 Å². The van der Waals surface area contributed by atoms with Crippen LogP contribution in [0.5, 0.6) is 11.5 Å². The number of aromatic hydroxyl groups is 1. The van der Waals surface area contributed by atoms with Crippen molar-refractivity contribution in [3.63, 3.8) is 0 Å². The van der Waals surface area contributed by atoms with E-state index in [9.17, 15) is 9.90 Å². The lowest BCUT2D eigenvalue weighted by Gasteiger charge is -2.04. The summed E-state index contributed by atoms with van der Waals surface area (Å²) in [5.74, 6) is 1.53. The lowest BCUT2D eigenvalue weighted by molar-refractivity contribution is 0.415. The number of benzene rings is 2. The third kappa shape index (κ3) is 3.06. The van der Waals surface area contributed by atoms with Gasteiger partial charge in [-0.2, -0.15) is 9.50 Å². The van der Waals surface area contributed by atoms with Gasteiger partial charge in [0.25, 0.3) is 5.56 Å². The third-order valence-electron chi connectivity index (χ3n) is 4.34. The predicted octanol–water partition coefficient (Wildman–Crippen LogP) is 2.70. The second-order valence-corrected chi connectivity index (χ2v) is 7.29. The van der Waals surface area contributed by atoms with E-state index < -0.39 is 0 Å². The molecule has 0 spiro atoms. The molecule has 0 amide bonds. The number of nitrogens with zero attached hydrogens (tertiary/aromatic N) is 3. The van der Waals surface area contributed by atoms with Gasteiger partial charge in [-0.05, 0) is 73.0 Å². The maximum Gasteiger partial charge on any atom is 0.291 e. The first kappa shape index (κ1) is 17.2. The molecule has 0 fully saturated rings. The van der Waals surface area contributed by atoms with Crippen molar-refractivity contribution in [1.82, 2.24) is 14.6 Å². The van der Waals surface area contributed by atoms with Crippen molar-refractivity contribution < 1.29 is 9.84 Å². The fraction of sp³-hybridized carbons (Fsp3) is 0.150. The molecule has 7 heteroatoms. The van der Waals surface area contributed by atoms with Gasteiger partial charge in [0.15, 0.2) is 5.82 Å². The number of phenols is 1. The van der Waals surface area contributed by atoms with E-state index >= 15 is 0 Å². The number of thiazole rings is 1. The fourth-order valence-electron chi connectivity index (χ4n) is 2.92. The highest BCUT2D eigenvalue weighted by Crippen LogP contribution is 2.23. The van der Waals surface area contributed by atoms with E-state index in [1.165, 1.54) is 15.9 Å². The highest BCUT2D eigenvalue weighted by atomic mass is 32.1. The smallest absolute Gasteiger partial charge is 0.291 e. The highest BCUT2D eigenvalue weighted by molar-refractivity contribution is 7.15. The largest absolute Gasteiger partial charge is 0.507 e. The maximum absolute atomic E-state index is 12.7. The van der Waals surface area contributed by atoms with Crippen LogP contribution in [0.2, 0.25) is 0 Å². The van der Waals surface area contributed by atoms with Gasteiger partial charge in [-0.15, -0.1) is 5.10 Å². The van der Waals surface area contributed by atoms with Gasteiger partial charge in [-0.1, -0.05) is 11.3 Å². The summed E-state index contributed by atoms with van der Waals surface area (Å²) in [6.07, 6.45) is 1.80. The van der Waals surface area contributed by atoms with Gasteiger partial charge < -0.3 is 9.84 Å². The number of phenolic OH excluding ortho intramolecular Hbond substituents is 1. The number of aromatic nitrogens is 3. The summed E-state index contributed by atoms with van der Waals surface area (Å²) in [7, 11) is 1.61. The number of hydrogen-bond donors (Lipinski definition) is 1. The Kier molecular flexibility index (Phi) is 4.16. The SMILES string of the molecule is COc1ccc(-c2nc3s/c(=C\c4cc(C)c(O)c(C)c4)c(=O)n3n2)cc1. The zero-order valence-corrected chi connectivity index (χ0v) is 15.9. The number of ether oxygens (including phenoxy) is 1. The van der Waals surface area contributed by atoms with Gasteiger partial charge in [0.2, 0.25) is 4.96 Å². The van der Waals surface area contributed by atoms with Crippen LogP contribution in [0.15, 0.2) is 41.2 Å². The van der Waals surface area contributed by atoms with Crippen LogP contribution in [0.1, 0.15) is 16.7 Å². The molecule has 0 radical (unpaired) electrons. The molecular formula is C20H17N3O3S. The molecule has 0 atom stereocenters. The summed E-state index contributed by atoms with van der Waals surface area (Å²) >= 11 is 1.29. The van der Waals surface area contributed by atoms with Crippen LogP contribution >= 0.6 is 11.3 Å². The molecule has 2 heterocycles. The molecule has 0 saturated heterocycles. The molecule has 0 unspecified atom stereocenters. The molecule has 27 heavy (non-hydrogen) atoms. The first-order valence-electron chi connectivity index (χ1n) is 8.32. The summed E-state index contributed by atoms with van der Waals surface area (Å²) < 4.78 is 7.03. The van der Waals surface area contributed by atoms with Crippen LogP contribution in [0.3, 0.4) is 0 Å². The lowest BCUT2D eigenvalue weighted by atomic mass is 10.1. The Hall–Kier alpha value is -3.19. The first-order chi connectivity index (χ1) is 13.0. The van der Waals surface area contributed by atoms with Crippen LogP contribution in [0.25, 0.3) is 22.4 Å². The van der Waals surface area contributed by atoms with Gasteiger partial charge in [-0.25, -0.2) is 0 Å². The van der Waals surface area contributed by atoms with Crippen LogP contribution < -0.4 is 14.8 Å². The van der Waals surface area contributed by atoms with E-state index in [0.29, 0.717) is 15.3 Å². The fourth-order valence-corrected chi connectivity index (χ4v) is 3.83. The average Bonchev–Trinajstić information content (AvgIpc) is 3.20. The third-order valence-corrected chi connectivity index (χ3v) is 5.30. The number of rotatable bonds is 3. The van der Waals surface area contributed by atoms with Crippen molar-refractivity contribution in [3.05, 3.63) is 68.0 Å². The van der Waals surface area contributed by atoms with E-state index in [-0.39, 0.29) is 11.3 Å². The zero-order chi connectivity index (χ0) is 19.1. The molecule has 0 aliphatic rings. The van der Waals surface area contributed by atoms with E-state index in [2.05, 4.69) is 10.1 Å². The first-order valence-corrected chi connectivity index (χ1v) is 9.14. The molecule has 2 aromatic carbocycles. The Morgan fingerprint density at radius 3 is 2.41 bits per heavy atom. The number of hydrogen-bond acceptors (Lipinski definition) is 6. The molecule has 0 aliphatic carbocycles. The Bertz CT molecular complexity index is 1230. The highest BCUT2D eigenvalue weighted by Gasteiger charge is 2.12. The minimum Gasteiger partial charge on any atom is -0.507 e.